The average molecular weight is 527 g/mol. The van der Waals surface area contributed by atoms with Crippen molar-refractivity contribution in [3.05, 3.63) is 57.6 Å². The van der Waals surface area contributed by atoms with E-state index >= 15 is 0 Å². The van der Waals surface area contributed by atoms with Gasteiger partial charge >= 0.3 is 7.12 Å². The maximum atomic E-state index is 12.2. The van der Waals surface area contributed by atoms with E-state index in [9.17, 15) is 9.59 Å². The minimum Gasteiger partial charge on any atom is -0.427 e. The maximum absolute atomic E-state index is 12.2. The zero-order valence-corrected chi connectivity index (χ0v) is 21.3. The van der Waals surface area contributed by atoms with Crippen LogP contribution < -0.4 is 10.6 Å². The highest BCUT2D eigenvalue weighted by atomic mass is 79.9. The van der Waals surface area contributed by atoms with Crippen LogP contribution in [0.2, 0.25) is 6.82 Å². The van der Waals surface area contributed by atoms with Gasteiger partial charge in [0.15, 0.2) is 11.6 Å². The fourth-order valence-corrected chi connectivity index (χ4v) is 5.89. The van der Waals surface area contributed by atoms with Crippen LogP contribution in [-0.2, 0) is 0 Å². The molecule has 2 aliphatic heterocycles. The number of Topliss-reactive ketones (excluding diaryl/α,β-unsaturated/α-hetero) is 2. The van der Waals surface area contributed by atoms with Crippen LogP contribution in [0.15, 0.2) is 40.9 Å². The van der Waals surface area contributed by atoms with E-state index in [1.165, 1.54) is 25.2 Å². The van der Waals surface area contributed by atoms with E-state index in [2.05, 4.69) is 32.6 Å². The molecule has 4 atom stereocenters. The second kappa shape index (κ2) is 10.6. The first-order chi connectivity index (χ1) is 16.2. The van der Waals surface area contributed by atoms with Gasteiger partial charge in [-0.05, 0) is 69.8 Å². The molecule has 4 N–H and O–H groups in total. The molecule has 2 saturated carbocycles. The molecule has 34 heavy (non-hydrogen) atoms. The molecule has 0 saturated heterocycles. The summed E-state index contributed by atoms with van der Waals surface area (Å²) in [5.41, 5.74) is 4.96. The Kier molecular flexibility index (Phi) is 7.80. The Balaban J connectivity index is 0.000000140. The standard InChI is InChI=1S/C13H15NO.C12H12BrNO.CH5BO2/c1-8-5-6-12-10(7-8)13(15)9-3-2-4-11(9)14-12;13-7-4-5-11-9(6-7)12(15)8-2-1-3-10(8)14-11;1-2(3)4/h5-7,9,11,14H,2-4H2,1H3;4-6,8,10,14H,1-3H2;3-4H,1H3. The summed E-state index contributed by atoms with van der Waals surface area (Å²) in [5.74, 6) is 1.13. The van der Waals surface area contributed by atoms with Gasteiger partial charge in [0.25, 0.3) is 0 Å². The van der Waals surface area contributed by atoms with E-state index in [-0.39, 0.29) is 11.8 Å². The molecular weight excluding hydrogens is 495 g/mol. The van der Waals surface area contributed by atoms with E-state index in [1.807, 2.05) is 37.3 Å². The fraction of sp³-hybridized carbons (Fsp3) is 0.462. The highest BCUT2D eigenvalue weighted by molar-refractivity contribution is 9.10. The minimum absolute atomic E-state index is 0.215. The smallest absolute Gasteiger partial charge is 0.427 e. The first-order valence-corrected chi connectivity index (χ1v) is 12.9. The third kappa shape index (κ3) is 5.39. The Morgan fingerprint density at radius 3 is 1.82 bits per heavy atom. The number of nitrogens with one attached hydrogen (secondary N) is 2. The zero-order chi connectivity index (χ0) is 24.4. The molecule has 2 fully saturated rings. The van der Waals surface area contributed by atoms with Crippen molar-refractivity contribution >= 4 is 46.0 Å². The molecule has 2 heterocycles. The van der Waals surface area contributed by atoms with Gasteiger partial charge in [-0.3, -0.25) is 9.59 Å². The lowest BCUT2D eigenvalue weighted by molar-refractivity contribution is 0.0903. The predicted molar refractivity (Wildman–Crippen MR) is 140 cm³/mol. The molecule has 6 nitrogen and oxygen atoms in total. The van der Waals surface area contributed by atoms with Crippen LogP contribution in [-0.4, -0.2) is 40.8 Å². The third-order valence-electron chi connectivity index (χ3n) is 7.07. The lowest BCUT2D eigenvalue weighted by Crippen LogP contribution is -2.35. The average Bonchev–Trinajstić information content (AvgIpc) is 3.45. The number of rotatable bonds is 0. The van der Waals surface area contributed by atoms with E-state index in [4.69, 9.17) is 10.0 Å². The second-order valence-electron chi connectivity index (χ2n) is 9.68. The maximum Gasteiger partial charge on any atom is 0.448 e. The van der Waals surface area contributed by atoms with Crippen LogP contribution in [0.25, 0.3) is 0 Å². The van der Waals surface area contributed by atoms with E-state index in [0.717, 1.165) is 52.7 Å². The highest BCUT2D eigenvalue weighted by Gasteiger charge is 2.39. The molecule has 0 spiro atoms. The number of aryl methyl sites for hydroxylation is 1. The Hall–Kier alpha value is -2.16. The molecule has 0 radical (unpaired) electrons. The summed E-state index contributed by atoms with van der Waals surface area (Å²) in [5, 5.41) is 22.2. The Labute approximate surface area is 209 Å². The molecule has 2 aromatic carbocycles. The van der Waals surface area contributed by atoms with Crippen molar-refractivity contribution in [3.8, 4) is 0 Å². The number of hydrogen-bond donors (Lipinski definition) is 4. The van der Waals surface area contributed by atoms with Gasteiger partial charge < -0.3 is 20.7 Å². The SMILES string of the molecule is CB(O)O.Cc1ccc2c(c1)C(=O)C1CCCC1N2.O=C1c2cc(Br)ccc2NC2CCCC12. The Bertz CT molecular complexity index is 993. The summed E-state index contributed by atoms with van der Waals surface area (Å²) in [7, 11) is -1.17. The molecule has 0 amide bonds. The molecule has 4 unspecified atom stereocenters. The summed E-state index contributed by atoms with van der Waals surface area (Å²) < 4.78 is 0.979. The summed E-state index contributed by atoms with van der Waals surface area (Å²) in [6.07, 6.45) is 6.73. The van der Waals surface area contributed by atoms with Gasteiger partial charge in [-0.1, -0.05) is 40.4 Å². The van der Waals surface area contributed by atoms with Crippen molar-refractivity contribution < 1.29 is 19.6 Å². The van der Waals surface area contributed by atoms with Crippen molar-refractivity contribution in [3.63, 3.8) is 0 Å². The normalized spacial score (nSPS) is 25.7. The van der Waals surface area contributed by atoms with E-state index in [0.29, 0.717) is 23.7 Å². The lowest BCUT2D eigenvalue weighted by atomic mass is 9.87. The van der Waals surface area contributed by atoms with Crippen LogP contribution in [0.4, 0.5) is 11.4 Å². The highest BCUT2D eigenvalue weighted by Crippen LogP contribution is 2.39. The van der Waals surface area contributed by atoms with Gasteiger partial charge in [0.2, 0.25) is 0 Å². The lowest BCUT2D eigenvalue weighted by Gasteiger charge is -2.28. The Morgan fingerprint density at radius 2 is 1.29 bits per heavy atom. The van der Waals surface area contributed by atoms with E-state index in [1.54, 1.807) is 0 Å². The van der Waals surface area contributed by atoms with Crippen molar-refractivity contribution in [2.45, 2.75) is 64.4 Å². The molecule has 0 aromatic heterocycles. The summed E-state index contributed by atoms with van der Waals surface area (Å²) in [6.45, 7) is 3.31. The van der Waals surface area contributed by atoms with Gasteiger partial charge in [-0.15, -0.1) is 0 Å². The first kappa shape index (κ1) is 25.0. The number of carbonyl (C=O) groups excluding carboxylic acids is 2. The number of anilines is 2. The zero-order valence-electron chi connectivity index (χ0n) is 19.7. The number of benzene rings is 2. The van der Waals surface area contributed by atoms with Gasteiger partial charge in [0.1, 0.15) is 0 Å². The predicted octanol–water partition coefficient (Wildman–Crippen LogP) is 5.09. The van der Waals surface area contributed by atoms with Crippen LogP contribution in [0, 0.1) is 18.8 Å². The molecule has 4 aliphatic rings. The van der Waals surface area contributed by atoms with Crippen molar-refractivity contribution in [2.24, 2.45) is 11.8 Å². The molecule has 2 aromatic rings. The van der Waals surface area contributed by atoms with E-state index < -0.39 is 7.12 Å². The van der Waals surface area contributed by atoms with Crippen molar-refractivity contribution in [1.29, 1.82) is 0 Å². The quantitative estimate of drug-likeness (QED) is 0.357. The van der Waals surface area contributed by atoms with Crippen LogP contribution in [0.5, 0.6) is 0 Å². The largest absolute Gasteiger partial charge is 0.448 e. The number of halogens is 1. The van der Waals surface area contributed by atoms with Crippen molar-refractivity contribution in [2.75, 3.05) is 10.6 Å². The number of hydrogen-bond acceptors (Lipinski definition) is 6. The topological polar surface area (TPSA) is 98.7 Å². The molecule has 180 valence electrons. The monoisotopic (exact) mass is 526 g/mol. The first-order valence-electron chi connectivity index (χ1n) is 12.1. The number of carbonyl (C=O) groups is 2. The summed E-state index contributed by atoms with van der Waals surface area (Å²) in [4.78, 5) is 24.4. The van der Waals surface area contributed by atoms with Crippen LogP contribution in [0.3, 0.4) is 0 Å². The van der Waals surface area contributed by atoms with Crippen LogP contribution in [0.1, 0.15) is 64.8 Å². The Morgan fingerprint density at radius 1 is 0.824 bits per heavy atom. The minimum atomic E-state index is -1.17. The molecular formula is C26H32BBrN2O4. The molecule has 2 aliphatic carbocycles. The van der Waals surface area contributed by atoms with Gasteiger partial charge in [-0.2, -0.15) is 0 Å². The molecule has 0 bridgehead atoms. The third-order valence-corrected chi connectivity index (χ3v) is 7.57. The van der Waals surface area contributed by atoms with Gasteiger partial charge in [-0.25, -0.2) is 0 Å². The molecule has 6 rings (SSSR count). The van der Waals surface area contributed by atoms with Gasteiger partial charge in [0.05, 0.1) is 0 Å². The fourth-order valence-electron chi connectivity index (χ4n) is 5.53. The summed E-state index contributed by atoms with van der Waals surface area (Å²) in [6, 6.07) is 12.8. The number of fused-ring (bicyclic) bond motifs is 4. The molecule has 8 heteroatoms. The second-order valence-corrected chi connectivity index (χ2v) is 10.6. The van der Waals surface area contributed by atoms with Crippen LogP contribution >= 0.6 is 15.9 Å². The van der Waals surface area contributed by atoms with Crippen molar-refractivity contribution in [1.82, 2.24) is 0 Å². The number of ketones is 2. The summed E-state index contributed by atoms with van der Waals surface area (Å²) >= 11 is 3.41. The van der Waals surface area contributed by atoms with Gasteiger partial charge in [0, 0.05) is 50.9 Å².